The number of benzene rings is 1. The van der Waals surface area contributed by atoms with Crippen LogP contribution in [-0.2, 0) is 9.59 Å². The predicted octanol–water partition coefficient (Wildman–Crippen LogP) is 7.31. The minimum absolute atomic E-state index is 0.0111. The van der Waals surface area contributed by atoms with Gasteiger partial charge < -0.3 is 16.0 Å². The summed E-state index contributed by atoms with van der Waals surface area (Å²) in [5.41, 5.74) is 1.61. The molecule has 0 bridgehead atoms. The van der Waals surface area contributed by atoms with Gasteiger partial charge >= 0.3 is 0 Å². The smallest absolute Gasteiger partial charge is 0.251 e. The van der Waals surface area contributed by atoms with E-state index >= 15 is 0 Å². The molecule has 6 nitrogen and oxygen atoms in total. The zero-order valence-electron chi connectivity index (χ0n) is 23.4. The average molecular weight is 512 g/mol. The average Bonchev–Trinajstić information content (AvgIpc) is 2.89. The number of carbonyl (C=O) groups excluding carboxylic acids is 3. The molecule has 0 aliphatic heterocycles. The van der Waals surface area contributed by atoms with Crippen LogP contribution >= 0.6 is 0 Å². The van der Waals surface area contributed by atoms with E-state index in [2.05, 4.69) is 36.7 Å². The molecule has 1 atom stereocenters. The Morgan fingerprint density at radius 1 is 0.730 bits per heavy atom. The van der Waals surface area contributed by atoms with E-state index in [1.165, 1.54) is 32.1 Å². The lowest BCUT2D eigenvalue weighted by Crippen LogP contribution is -2.28. The van der Waals surface area contributed by atoms with Crippen LogP contribution in [0.4, 0.5) is 11.4 Å². The molecule has 37 heavy (non-hydrogen) atoms. The highest BCUT2D eigenvalue weighted by Crippen LogP contribution is 2.28. The number of carbonyl (C=O) groups is 3. The van der Waals surface area contributed by atoms with Crippen molar-refractivity contribution in [2.45, 2.75) is 111 Å². The Kier molecular flexibility index (Phi) is 11.9. The molecule has 2 aliphatic rings. The summed E-state index contributed by atoms with van der Waals surface area (Å²) in [4.78, 5) is 38.9. The first-order valence-electron chi connectivity index (χ1n) is 14.9. The van der Waals surface area contributed by atoms with Gasteiger partial charge in [-0.05, 0) is 62.1 Å². The largest absolute Gasteiger partial charge is 0.352 e. The monoisotopic (exact) mass is 511 g/mol. The lowest BCUT2D eigenvalue weighted by atomic mass is 9.88. The van der Waals surface area contributed by atoms with Crippen LogP contribution in [0, 0.1) is 23.7 Å². The van der Waals surface area contributed by atoms with Crippen LogP contribution in [0.15, 0.2) is 18.2 Å². The van der Waals surface area contributed by atoms with E-state index in [0.29, 0.717) is 29.4 Å². The SMILES string of the molecule is CC(C)CCCC(C)CCNC(=O)c1cc(NC(=O)C2CCCCC2)cc(NC(=O)C2CCCCC2)c1. The van der Waals surface area contributed by atoms with Gasteiger partial charge in [0.2, 0.25) is 11.8 Å². The van der Waals surface area contributed by atoms with Crippen LogP contribution in [0.25, 0.3) is 0 Å². The number of amides is 3. The highest BCUT2D eigenvalue weighted by molar-refractivity contribution is 6.01. The number of hydrogen-bond acceptors (Lipinski definition) is 3. The molecule has 2 aliphatic carbocycles. The summed E-state index contributed by atoms with van der Waals surface area (Å²) in [7, 11) is 0. The first-order chi connectivity index (χ1) is 17.8. The van der Waals surface area contributed by atoms with Gasteiger partial charge in [-0.15, -0.1) is 0 Å². The second kappa shape index (κ2) is 15.1. The second-order valence-corrected chi connectivity index (χ2v) is 11.9. The summed E-state index contributed by atoms with van der Waals surface area (Å²) in [5, 5.41) is 9.13. The Bertz CT molecular complexity index is 835. The molecule has 0 spiro atoms. The summed E-state index contributed by atoms with van der Waals surface area (Å²) in [6, 6.07) is 5.26. The van der Waals surface area contributed by atoms with E-state index < -0.39 is 0 Å². The zero-order valence-corrected chi connectivity index (χ0v) is 23.4. The molecule has 1 aromatic carbocycles. The minimum atomic E-state index is -0.170. The molecule has 2 fully saturated rings. The van der Waals surface area contributed by atoms with Crippen LogP contribution in [0.5, 0.6) is 0 Å². The van der Waals surface area contributed by atoms with Gasteiger partial charge in [0.25, 0.3) is 5.91 Å². The molecule has 2 saturated carbocycles. The quantitative estimate of drug-likeness (QED) is 0.275. The topological polar surface area (TPSA) is 87.3 Å². The summed E-state index contributed by atoms with van der Waals surface area (Å²) < 4.78 is 0. The molecule has 0 heterocycles. The van der Waals surface area contributed by atoms with Crippen molar-refractivity contribution in [3.8, 4) is 0 Å². The maximum atomic E-state index is 13.1. The highest BCUT2D eigenvalue weighted by Gasteiger charge is 2.23. The highest BCUT2D eigenvalue weighted by atomic mass is 16.2. The molecule has 3 rings (SSSR count). The number of anilines is 2. The third-order valence-corrected chi connectivity index (χ3v) is 8.08. The van der Waals surface area contributed by atoms with Crippen molar-refractivity contribution in [1.29, 1.82) is 0 Å². The van der Waals surface area contributed by atoms with Crippen LogP contribution in [0.3, 0.4) is 0 Å². The summed E-state index contributed by atoms with van der Waals surface area (Å²) in [5.74, 6) is 1.17. The lowest BCUT2D eigenvalue weighted by Gasteiger charge is -2.22. The van der Waals surface area contributed by atoms with Crippen molar-refractivity contribution >= 4 is 29.1 Å². The van der Waals surface area contributed by atoms with Gasteiger partial charge in [0.15, 0.2) is 0 Å². The molecule has 206 valence electrons. The van der Waals surface area contributed by atoms with Gasteiger partial charge in [-0.1, -0.05) is 78.6 Å². The Hall–Kier alpha value is -2.37. The summed E-state index contributed by atoms with van der Waals surface area (Å²) in [6.45, 7) is 7.36. The van der Waals surface area contributed by atoms with E-state index in [1.54, 1.807) is 18.2 Å². The fourth-order valence-corrected chi connectivity index (χ4v) is 5.67. The molecular weight excluding hydrogens is 462 g/mol. The van der Waals surface area contributed by atoms with Gasteiger partial charge in [-0.3, -0.25) is 14.4 Å². The molecule has 3 amide bonds. The first-order valence-corrected chi connectivity index (χ1v) is 14.9. The van der Waals surface area contributed by atoms with Crippen LogP contribution in [-0.4, -0.2) is 24.3 Å². The first kappa shape index (κ1) is 29.2. The van der Waals surface area contributed by atoms with Gasteiger partial charge in [-0.25, -0.2) is 0 Å². The van der Waals surface area contributed by atoms with E-state index in [4.69, 9.17) is 0 Å². The van der Waals surface area contributed by atoms with Crippen molar-refractivity contribution in [2.24, 2.45) is 23.7 Å². The van der Waals surface area contributed by atoms with Crippen LogP contribution < -0.4 is 16.0 Å². The minimum Gasteiger partial charge on any atom is -0.352 e. The Labute approximate surface area is 224 Å². The molecule has 0 saturated heterocycles. The number of nitrogens with one attached hydrogen (secondary N) is 3. The van der Waals surface area contributed by atoms with Gasteiger partial charge in [0.1, 0.15) is 0 Å². The maximum absolute atomic E-state index is 13.1. The van der Waals surface area contributed by atoms with Gasteiger partial charge in [0.05, 0.1) is 0 Å². The predicted molar refractivity (Wildman–Crippen MR) is 152 cm³/mol. The van der Waals surface area contributed by atoms with Gasteiger partial charge in [-0.2, -0.15) is 0 Å². The third-order valence-electron chi connectivity index (χ3n) is 8.08. The molecule has 6 heteroatoms. The van der Waals surface area contributed by atoms with Crippen molar-refractivity contribution in [1.82, 2.24) is 5.32 Å². The zero-order chi connectivity index (χ0) is 26.6. The number of hydrogen-bond donors (Lipinski definition) is 3. The lowest BCUT2D eigenvalue weighted by molar-refractivity contribution is -0.121. The normalized spacial score (nSPS) is 17.8. The van der Waals surface area contributed by atoms with E-state index in [9.17, 15) is 14.4 Å². The Balaban J connectivity index is 1.64. The fraction of sp³-hybridized carbons (Fsp3) is 0.710. The second-order valence-electron chi connectivity index (χ2n) is 11.9. The van der Waals surface area contributed by atoms with Crippen LogP contribution in [0.2, 0.25) is 0 Å². The summed E-state index contributed by atoms with van der Waals surface area (Å²) >= 11 is 0. The van der Waals surface area contributed by atoms with E-state index in [-0.39, 0.29) is 29.6 Å². The van der Waals surface area contributed by atoms with Crippen molar-refractivity contribution in [3.05, 3.63) is 23.8 Å². The molecule has 0 aromatic heterocycles. The fourth-order valence-electron chi connectivity index (χ4n) is 5.67. The van der Waals surface area contributed by atoms with Crippen molar-refractivity contribution < 1.29 is 14.4 Å². The van der Waals surface area contributed by atoms with E-state index in [1.807, 2.05) is 0 Å². The molecule has 0 radical (unpaired) electrons. The molecule has 1 unspecified atom stereocenters. The molecular formula is C31H49N3O3. The standard InChI is InChI=1S/C31H49N3O3/c1-22(2)11-10-12-23(3)17-18-32-29(35)26-19-27(33-30(36)24-13-6-4-7-14-24)21-28(20-26)34-31(37)25-15-8-5-9-16-25/h19-25H,4-18H2,1-3H3,(H,32,35)(H,33,36)(H,34,37). The van der Waals surface area contributed by atoms with E-state index in [0.717, 1.165) is 63.7 Å². The van der Waals surface area contributed by atoms with Gasteiger partial charge in [0, 0.05) is 35.3 Å². The van der Waals surface area contributed by atoms with Crippen molar-refractivity contribution in [2.75, 3.05) is 17.2 Å². The molecule has 3 N–H and O–H groups in total. The molecule has 1 aromatic rings. The van der Waals surface area contributed by atoms with Crippen molar-refractivity contribution in [3.63, 3.8) is 0 Å². The van der Waals surface area contributed by atoms with Crippen LogP contribution in [0.1, 0.15) is 121 Å². The Morgan fingerprint density at radius 3 is 1.73 bits per heavy atom. The summed E-state index contributed by atoms with van der Waals surface area (Å²) in [6.07, 6.45) is 14.9. The number of rotatable bonds is 12. The third kappa shape index (κ3) is 10.1. The Morgan fingerprint density at radius 2 is 1.24 bits per heavy atom. The maximum Gasteiger partial charge on any atom is 0.251 e.